The first kappa shape index (κ1) is 29.6. The Morgan fingerprint density at radius 2 is 0.586 bits per heavy atom. The number of hydrogen-bond acceptors (Lipinski definition) is 8. The SMILES string of the molecule is CO[CH](C(C)(C)O)[Hf]([CH](OC)C(C)(C)O)([CH](OC)C(C)(C)O)[CH](OC)C(C)(C)O. The molecule has 4 N–H and O–H groups in total. The fourth-order valence-corrected chi connectivity index (χ4v) is 34.6. The van der Waals surface area contributed by atoms with Gasteiger partial charge in [0.1, 0.15) is 0 Å². The van der Waals surface area contributed by atoms with Crippen LogP contribution in [0.3, 0.4) is 0 Å². The van der Waals surface area contributed by atoms with Crippen molar-refractivity contribution in [3.63, 3.8) is 0 Å². The van der Waals surface area contributed by atoms with Crippen molar-refractivity contribution in [1.82, 2.24) is 0 Å². The summed E-state index contributed by atoms with van der Waals surface area (Å²) in [5.74, 6) is 0. The van der Waals surface area contributed by atoms with Gasteiger partial charge in [-0.25, -0.2) is 0 Å². The molecule has 0 radical (unpaired) electrons. The third-order valence-corrected chi connectivity index (χ3v) is 31.9. The van der Waals surface area contributed by atoms with Gasteiger partial charge in [-0.05, 0) is 0 Å². The van der Waals surface area contributed by atoms with Gasteiger partial charge in [0.25, 0.3) is 0 Å². The first-order valence-electron chi connectivity index (χ1n) is 9.78. The van der Waals surface area contributed by atoms with Gasteiger partial charge in [0, 0.05) is 0 Å². The minimum atomic E-state index is -5.04. The third kappa shape index (κ3) is 6.29. The Labute approximate surface area is 180 Å². The van der Waals surface area contributed by atoms with E-state index in [-0.39, 0.29) is 0 Å². The number of rotatable bonds is 12. The van der Waals surface area contributed by atoms with Crippen molar-refractivity contribution in [1.29, 1.82) is 0 Å². The molecule has 0 spiro atoms. The Morgan fingerprint density at radius 1 is 0.448 bits per heavy atom. The van der Waals surface area contributed by atoms with Crippen LogP contribution in [0.15, 0.2) is 0 Å². The van der Waals surface area contributed by atoms with E-state index >= 15 is 0 Å². The van der Waals surface area contributed by atoms with E-state index in [1.807, 2.05) is 0 Å². The van der Waals surface area contributed by atoms with E-state index in [4.69, 9.17) is 18.9 Å². The predicted octanol–water partition coefficient (Wildman–Crippen LogP) is 1.11. The van der Waals surface area contributed by atoms with Gasteiger partial charge in [-0.2, -0.15) is 0 Å². The molecule has 9 heteroatoms. The molecular weight excluding hydrogens is 547 g/mol. The summed E-state index contributed by atoms with van der Waals surface area (Å²) in [6.45, 7) is 12.8. The zero-order chi connectivity index (χ0) is 23.6. The van der Waals surface area contributed by atoms with E-state index in [1.54, 1.807) is 55.4 Å². The van der Waals surface area contributed by atoms with Gasteiger partial charge in [0.2, 0.25) is 0 Å². The number of hydrogen-bond donors (Lipinski definition) is 4. The van der Waals surface area contributed by atoms with Crippen molar-refractivity contribution in [3.05, 3.63) is 0 Å². The fourth-order valence-electron chi connectivity index (χ4n) is 5.24. The summed E-state index contributed by atoms with van der Waals surface area (Å²) >= 11 is -5.04. The number of aliphatic hydroxyl groups is 4. The molecule has 0 aromatic heterocycles. The van der Waals surface area contributed by atoms with Gasteiger partial charge >= 0.3 is 181 Å². The van der Waals surface area contributed by atoms with E-state index in [1.165, 1.54) is 28.4 Å². The molecule has 0 aromatic rings. The Morgan fingerprint density at radius 3 is 0.655 bits per heavy atom. The second-order valence-electron chi connectivity index (χ2n) is 10.1. The molecule has 0 aromatic carbocycles. The molecule has 0 fully saturated rings. The van der Waals surface area contributed by atoms with Crippen LogP contribution in [-0.4, -0.2) is 86.7 Å². The first-order chi connectivity index (χ1) is 12.8. The van der Waals surface area contributed by atoms with Crippen LogP contribution >= 0.6 is 0 Å². The van der Waals surface area contributed by atoms with Crippen molar-refractivity contribution >= 4 is 0 Å². The van der Waals surface area contributed by atoms with Gasteiger partial charge in [0.05, 0.1) is 0 Å². The van der Waals surface area contributed by atoms with Crippen LogP contribution < -0.4 is 0 Å². The topological polar surface area (TPSA) is 118 Å². The van der Waals surface area contributed by atoms with Crippen LogP contribution in [0.2, 0.25) is 0 Å². The quantitative estimate of drug-likeness (QED) is 0.250. The summed E-state index contributed by atoms with van der Waals surface area (Å²) < 4.78 is 20.1. The Bertz CT molecular complexity index is 405. The molecular formula is C20H44HfO8. The van der Waals surface area contributed by atoms with E-state index in [0.717, 1.165) is 0 Å². The Balaban J connectivity index is 7.69. The maximum absolute atomic E-state index is 11.2. The molecule has 8 nitrogen and oxygen atoms in total. The summed E-state index contributed by atoms with van der Waals surface area (Å²) in [5, 5.41) is 44.6. The molecule has 0 aliphatic carbocycles. The summed E-state index contributed by atoms with van der Waals surface area (Å²) in [6.07, 6.45) is 0. The average molecular weight is 591 g/mol. The molecule has 0 amide bonds. The molecule has 4 atom stereocenters. The van der Waals surface area contributed by atoms with Crippen LogP contribution in [0.5, 0.6) is 0 Å². The third-order valence-electron chi connectivity index (χ3n) is 5.33. The van der Waals surface area contributed by atoms with Crippen LogP contribution in [-0.2, 0) is 38.9 Å². The number of methoxy groups -OCH3 is 4. The zero-order valence-corrected chi connectivity index (χ0v) is 23.8. The average Bonchev–Trinajstić information content (AvgIpc) is 2.43. The minimum absolute atomic E-state index is 0.876. The summed E-state index contributed by atoms with van der Waals surface area (Å²) in [6, 6.07) is 0. The second-order valence-corrected chi connectivity index (χ2v) is 24.8. The Kier molecular flexibility index (Phi) is 10.2. The van der Waals surface area contributed by atoms with Crippen LogP contribution in [0, 0.1) is 0 Å². The monoisotopic (exact) mass is 592 g/mol. The van der Waals surface area contributed by atoms with Gasteiger partial charge < -0.3 is 0 Å². The van der Waals surface area contributed by atoms with Gasteiger partial charge in [-0.1, -0.05) is 0 Å². The van der Waals surface area contributed by atoms with Crippen molar-refractivity contribution in [2.24, 2.45) is 0 Å². The van der Waals surface area contributed by atoms with E-state index < -0.39 is 57.8 Å². The molecule has 0 saturated carbocycles. The standard InChI is InChI=1S/4C5H11O2.Hf/c4*1-5(2,6)4-7-3;/h4*4,6H,1-3H3;. The maximum atomic E-state index is 11.2. The van der Waals surface area contributed by atoms with Crippen molar-refractivity contribution in [2.75, 3.05) is 28.4 Å². The Hall–Kier alpha value is 0.550. The fraction of sp³-hybridized carbons (Fsp3) is 1.00. The summed E-state index contributed by atoms with van der Waals surface area (Å²) in [5.41, 5.74) is -5.60. The van der Waals surface area contributed by atoms with E-state index in [0.29, 0.717) is 0 Å². The van der Waals surface area contributed by atoms with E-state index in [9.17, 15) is 20.4 Å². The van der Waals surface area contributed by atoms with Crippen molar-refractivity contribution in [3.8, 4) is 0 Å². The van der Waals surface area contributed by atoms with Crippen LogP contribution in [0.25, 0.3) is 0 Å². The first-order valence-corrected chi connectivity index (χ1v) is 18.1. The normalized spacial score (nSPS) is 20.7. The predicted molar refractivity (Wildman–Crippen MR) is 108 cm³/mol. The van der Waals surface area contributed by atoms with Crippen LogP contribution in [0.4, 0.5) is 0 Å². The van der Waals surface area contributed by atoms with Gasteiger partial charge in [0.15, 0.2) is 0 Å². The second kappa shape index (κ2) is 10.0. The summed E-state index contributed by atoms with van der Waals surface area (Å²) in [4.78, 5) is 0. The molecule has 0 aliphatic rings. The van der Waals surface area contributed by atoms with E-state index in [2.05, 4.69) is 0 Å². The number of ether oxygens (including phenoxy) is 4. The summed E-state index contributed by atoms with van der Waals surface area (Å²) in [7, 11) is 5.84. The van der Waals surface area contributed by atoms with Crippen LogP contribution in [0.1, 0.15) is 55.4 Å². The molecule has 0 saturated heterocycles. The molecule has 0 rings (SSSR count). The molecule has 4 unspecified atom stereocenters. The molecule has 29 heavy (non-hydrogen) atoms. The van der Waals surface area contributed by atoms with Gasteiger partial charge in [-0.15, -0.1) is 0 Å². The molecule has 176 valence electrons. The van der Waals surface area contributed by atoms with Gasteiger partial charge in [-0.3, -0.25) is 0 Å². The molecule has 0 heterocycles. The van der Waals surface area contributed by atoms with Crippen molar-refractivity contribution < 1.29 is 59.3 Å². The van der Waals surface area contributed by atoms with Crippen molar-refractivity contribution in [2.45, 2.75) is 93.2 Å². The molecule has 0 aliphatic heterocycles. The zero-order valence-electron chi connectivity index (χ0n) is 20.2. The molecule has 0 bridgehead atoms.